The minimum Gasteiger partial charge on any atom is -0.512 e. The Kier molecular flexibility index (Phi) is 4.62. The van der Waals surface area contributed by atoms with Gasteiger partial charge in [0.2, 0.25) is 0 Å². The van der Waals surface area contributed by atoms with E-state index in [9.17, 15) is 9.90 Å². The van der Waals surface area contributed by atoms with Gasteiger partial charge >= 0.3 is 5.97 Å². The molecule has 1 heterocycles. The maximum Gasteiger partial charge on any atom is 0.339 e. The van der Waals surface area contributed by atoms with E-state index < -0.39 is 11.6 Å². The number of aliphatic hydroxyl groups excluding tert-OH is 1. The van der Waals surface area contributed by atoms with Crippen molar-refractivity contribution in [2.45, 2.75) is 18.4 Å². The van der Waals surface area contributed by atoms with Gasteiger partial charge in [0.05, 0.1) is 12.0 Å². The molecule has 3 aromatic carbocycles. The van der Waals surface area contributed by atoms with E-state index in [1.54, 1.807) is 12.1 Å². The molecule has 140 valence electrons. The minimum atomic E-state index is -1.05. The topological polar surface area (TPSA) is 72.6 Å². The Bertz CT molecular complexity index is 986. The van der Waals surface area contributed by atoms with Gasteiger partial charge in [-0.25, -0.2) is 4.79 Å². The molecule has 0 saturated carbocycles. The van der Waals surface area contributed by atoms with Gasteiger partial charge in [-0.1, -0.05) is 72.8 Å². The molecule has 3 N–H and O–H groups in total. The molecule has 0 saturated heterocycles. The van der Waals surface area contributed by atoms with Crippen LogP contribution in [-0.2, 0) is 21.6 Å². The predicted octanol–water partition coefficient (Wildman–Crippen LogP) is 4.51. The van der Waals surface area contributed by atoms with Crippen molar-refractivity contribution in [1.29, 1.82) is 0 Å². The number of hydrogen-bond donors (Lipinski definition) is 2. The number of anilines is 1. The Labute approximate surface area is 163 Å². The van der Waals surface area contributed by atoms with Gasteiger partial charge in [0, 0.05) is 23.2 Å². The summed E-state index contributed by atoms with van der Waals surface area (Å²) in [5.41, 5.74) is 8.17. The molecule has 0 radical (unpaired) electrons. The van der Waals surface area contributed by atoms with Gasteiger partial charge in [-0.05, 0) is 17.7 Å². The quantitative estimate of drug-likeness (QED) is 0.523. The molecule has 0 aliphatic carbocycles. The highest BCUT2D eigenvalue weighted by molar-refractivity contribution is 5.91. The van der Waals surface area contributed by atoms with Crippen LogP contribution in [0.4, 0.5) is 5.69 Å². The van der Waals surface area contributed by atoms with Gasteiger partial charge in [-0.3, -0.25) is 0 Å². The van der Waals surface area contributed by atoms with Crippen LogP contribution in [0, 0.1) is 0 Å². The van der Waals surface area contributed by atoms with E-state index >= 15 is 0 Å². The fraction of sp³-hybridized carbons (Fsp3) is 0.125. The van der Waals surface area contributed by atoms with Crippen molar-refractivity contribution < 1.29 is 14.6 Å². The van der Waals surface area contributed by atoms with E-state index in [2.05, 4.69) is 0 Å². The molecule has 0 atom stereocenters. The third-order valence-electron chi connectivity index (χ3n) is 5.09. The third-order valence-corrected chi connectivity index (χ3v) is 5.09. The first-order valence-electron chi connectivity index (χ1n) is 9.18. The lowest BCUT2D eigenvalue weighted by atomic mass is 9.80. The van der Waals surface area contributed by atoms with Crippen LogP contribution < -0.4 is 5.73 Å². The highest BCUT2D eigenvalue weighted by atomic mass is 16.6. The molecule has 1 aliphatic heterocycles. The average Bonchev–Trinajstić information content (AvgIpc) is 2.72. The molecule has 0 bridgehead atoms. The van der Waals surface area contributed by atoms with E-state index in [1.807, 2.05) is 72.8 Å². The molecule has 0 unspecified atom stereocenters. The summed E-state index contributed by atoms with van der Waals surface area (Å²) in [6, 6.07) is 26.4. The van der Waals surface area contributed by atoms with Crippen molar-refractivity contribution in [2.75, 3.05) is 5.73 Å². The van der Waals surface area contributed by atoms with Gasteiger partial charge in [0.1, 0.15) is 5.76 Å². The molecule has 0 fully saturated rings. The van der Waals surface area contributed by atoms with E-state index in [0.717, 1.165) is 16.7 Å². The molecule has 0 amide bonds. The van der Waals surface area contributed by atoms with Gasteiger partial charge in [0.15, 0.2) is 5.60 Å². The SMILES string of the molecule is Nc1cccc(CC2=C(O)CC(c3ccccc3)(c3ccccc3)OC2=O)c1. The molecule has 1 aliphatic rings. The predicted molar refractivity (Wildman–Crippen MR) is 109 cm³/mol. The fourth-order valence-corrected chi connectivity index (χ4v) is 3.70. The largest absolute Gasteiger partial charge is 0.512 e. The van der Waals surface area contributed by atoms with E-state index in [0.29, 0.717) is 5.69 Å². The van der Waals surface area contributed by atoms with Crippen LogP contribution in [0.25, 0.3) is 0 Å². The first-order chi connectivity index (χ1) is 13.6. The normalized spacial score (nSPS) is 15.9. The van der Waals surface area contributed by atoms with Crippen molar-refractivity contribution >= 4 is 11.7 Å². The van der Waals surface area contributed by atoms with Crippen LogP contribution in [-0.4, -0.2) is 11.1 Å². The van der Waals surface area contributed by atoms with Crippen LogP contribution in [0.3, 0.4) is 0 Å². The molecule has 0 spiro atoms. The van der Waals surface area contributed by atoms with Crippen molar-refractivity contribution in [3.63, 3.8) is 0 Å². The molecule has 3 aromatic rings. The Hall–Kier alpha value is -3.53. The molecular formula is C24H21NO3. The molecule has 4 rings (SSSR count). The Morgan fingerprint density at radius 2 is 1.50 bits per heavy atom. The van der Waals surface area contributed by atoms with Crippen molar-refractivity contribution in [2.24, 2.45) is 0 Å². The molecule has 28 heavy (non-hydrogen) atoms. The van der Waals surface area contributed by atoms with Crippen LogP contribution in [0.5, 0.6) is 0 Å². The summed E-state index contributed by atoms with van der Waals surface area (Å²) in [4.78, 5) is 13.0. The molecule has 4 heteroatoms. The van der Waals surface area contributed by atoms with Gasteiger partial charge in [-0.15, -0.1) is 0 Å². The fourth-order valence-electron chi connectivity index (χ4n) is 3.70. The number of hydrogen-bond acceptors (Lipinski definition) is 4. The summed E-state index contributed by atoms with van der Waals surface area (Å²) in [5.74, 6) is -0.467. The lowest BCUT2D eigenvalue weighted by Crippen LogP contribution is -2.39. The van der Waals surface area contributed by atoms with Crippen LogP contribution >= 0.6 is 0 Å². The smallest absolute Gasteiger partial charge is 0.339 e. The number of benzene rings is 3. The van der Waals surface area contributed by atoms with Crippen LogP contribution in [0.1, 0.15) is 23.1 Å². The molecule has 0 aromatic heterocycles. The van der Waals surface area contributed by atoms with Crippen molar-refractivity contribution in [1.82, 2.24) is 0 Å². The highest BCUT2D eigenvalue weighted by Crippen LogP contribution is 2.43. The Balaban J connectivity index is 1.77. The maximum atomic E-state index is 13.0. The second-order valence-corrected chi connectivity index (χ2v) is 6.97. The van der Waals surface area contributed by atoms with Crippen molar-refractivity contribution in [3.05, 3.63) is 113 Å². The number of aliphatic hydroxyl groups is 1. The van der Waals surface area contributed by atoms with E-state index in [4.69, 9.17) is 10.5 Å². The second kappa shape index (κ2) is 7.24. The third kappa shape index (κ3) is 3.25. The first-order valence-corrected chi connectivity index (χ1v) is 9.18. The zero-order chi connectivity index (χ0) is 19.6. The average molecular weight is 371 g/mol. The zero-order valence-corrected chi connectivity index (χ0v) is 15.3. The van der Waals surface area contributed by atoms with Crippen LogP contribution in [0.2, 0.25) is 0 Å². The number of ether oxygens (including phenoxy) is 1. The monoisotopic (exact) mass is 371 g/mol. The van der Waals surface area contributed by atoms with Gasteiger partial charge in [0.25, 0.3) is 0 Å². The minimum absolute atomic E-state index is 0.0476. The number of rotatable bonds is 4. The maximum absolute atomic E-state index is 13.0. The van der Waals surface area contributed by atoms with Gasteiger partial charge in [-0.2, -0.15) is 0 Å². The summed E-state index contributed by atoms with van der Waals surface area (Å²) < 4.78 is 6.04. The number of cyclic esters (lactones) is 1. The van der Waals surface area contributed by atoms with E-state index in [1.165, 1.54) is 0 Å². The summed E-state index contributed by atoms with van der Waals surface area (Å²) in [6.45, 7) is 0. The number of carbonyl (C=O) groups excluding carboxylic acids is 1. The molecular weight excluding hydrogens is 350 g/mol. The van der Waals surface area contributed by atoms with Crippen LogP contribution in [0.15, 0.2) is 96.3 Å². The Morgan fingerprint density at radius 3 is 2.04 bits per heavy atom. The number of nitrogen functional groups attached to an aromatic ring is 1. The summed E-state index contributed by atoms with van der Waals surface area (Å²) in [7, 11) is 0. The number of carbonyl (C=O) groups is 1. The number of esters is 1. The summed E-state index contributed by atoms with van der Waals surface area (Å²) in [5, 5.41) is 10.9. The molecule has 4 nitrogen and oxygen atoms in total. The van der Waals surface area contributed by atoms with E-state index in [-0.39, 0.29) is 24.2 Å². The Morgan fingerprint density at radius 1 is 0.893 bits per heavy atom. The standard InChI is InChI=1S/C24H21NO3/c25-20-13-7-8-17(14-20)15-21-22(26)16-24(28-23(21)27,18-9-3-1-4-10-18)19-11-5-2-6-12-19/h1-14,26H,15-16,25H2. The number of nitrogens with two attached hydrogens (primary N) is 1. The second-order valence-electron chi connectivity index (χ2n) is 6.97. The van der Waals surface area contributed by atoms with Crippen molar-refractivity contribution in [3.8, 4) is 0 Å². The summed E-state index contributed by atoms with van der Waals surface area (Å²) >= 11 is 0. The highest BCUT2D eigenvalue weighted by Gasteiger charge is 2.44. The summed E-state index contributed by atoms with van der Waals surface area (Å²) in [6.07, 6.45) is 0.458. The lowest BCUT2D eigenvalue weighted by Gasteiger charge is -2.38. The first kappa shape index (κ1) is 17.9. The van der Waals surface area contributed by atoms with Gasteiger partial charge < -0.3 is 15.6 Å². The zero-order valence-electron chi connectivity index (χ0n) is 15.3. The lowest BCUT2D eigenvalue weighted by molar-refractivity contribution is -0.155.